The van der Waals surface area contributed by atoms with Gasteiger partial charge >= 0.3 is 0 Å². The van der Waals surface area contributed by atoms with E-state index in [0.717, 1.165) is 0 Å². The predicted molar refractivity (Wildman–Crippen MR) is 50.6 cm³/mol. The van der Waals surface area contributed by atoms with Crippen LogP contribution in [0.3, 0.4) is 0 Å². The molecule has 0 atom stereocenters. The third kappa shape index (κ3) is 4.08. The van der Waals surface area contributed by atoms with Crippen molar-refractivity contribution in [3.8, 4) is 0 Å². The van der Waals surface area contributed by atoms with Crippen LogP contribution in [-0.2, 0) is 26.0 Å². The Morgan fingerprint density at radius 1 is 1.64 bits per heavy atom. The summed E-state index contributed by atoms with van der Waals surface area (Å²) in [6, 6.07) is 1.55. The summed E-state index contributed by atoms with van der Waals surface area (Å²) in [6.07, 6.45) is 0.561. The maximum absolute atomic E-state index is 10.7. The Labute approximate surface area is 86.4 Å². The quantitative estimate of drug-likeness (QED) is 0.715. The molecule has 1 aromatic rings. The Balaban J connectivity index is 2.59. The topological polar surface area (TPSA) is 69.4 Å². The van der Waals surface area contributed by atoms with Crippen molar-refractivity contribution in [2.24, 2.45) is 0 Å². The molecule has 1 rings (SSSR count). The Kier molecular flexibility index (Phi) is 3.91. The van der Waals surface area contributed by atoms with Crippen molar-refractivity contribution in [3.05, 3.63) is 17.5 Å². The molecule has 1 heterocycles. The molecule has 0 N–H and O–H groups in total. The van der Waals surface area contributed by atoms with Crippen molar-refractivity contribution in [1.82, 2.24) is 5.16 Å². The summed E-state index contributed by atoms with van der Waals surface area (Å²) in [5.41, 5.74) is 0.311. The summed E-state index contributed by atoms with van der Waals surface area (Å²) in [4.78, 5) is 0. The number of hydrogen-bond acceptors (Lipinski definition) is 5. The van der Waals surface area contributed by atoms with Crippen molar-refractivity contribution >= 4 is 19.7 Å². The minimum absolute atomic E-state index is 0.311. The van der Waals surface area contributed by atoms with E-state index in [4.69, 9.17) is 19.9 Å². The lowest BCUT2D eigenvalue weighted by molar-refractivity contribution is 0.193. The van der Waals surface area contributed by atoms with E-state index in [1.807, 2.05) is 0 Å². The second-order valence-corrected chi connectivity index (χ2v) is 5.49. The van der Waals surface area contributed by atoms with Gasteiger partial charge in [0, 0.05) is 30.3 Å². The molecule has 0 saturated carbocycles. The van der Waals surface area contributed by atoms with Crippen LogP contribution in [0.2, 0.25) is 0 Å². The van der Waals surface area contributed by atoms with E-state index in [-0.39, 0.29) is 5.75 Å². The van der Waals surface area contributed by atoms with Crippen molar-refractivity contribution in [3.63, 3.8) is 0 Å². The zero-order valence-corrected chi connectivity index (χ0v) is 9.14. The molecule has 0 bridgehead atoms. The number of ether oxygens (including phenoxy) is 1. The maximum Gasteiger partial charge on any atom is 0.238 e. The highest BCUT2D eigenvalue weighted by Gasteiger charge is 2.11. The third-order valence-electron chi connectivity index (χ3n) is 1.48. The summed E-state index contributed by atoms with van der Waals surface area (Å²) in [5, 5.41) is 3.56. The first kappa shape index (κ1) is 11.5. The highest BCUT2D eigenvalue weighted by molar-refractivity contribution is 8.13. The summed E-state index contributed by atoms with van der Waals surface area (Å²) in [5.74, 6) is 0.271. The molecular weight excluding hydrogens is 230 g/mol. The van der Waals surface area contributed by atoms with Gasteiger partial charge in [0.1, 0.15) is 17.2 Å². The fraction of sp³-hybridized carbons (Fsp3) is 0.571. The van der Waals surface area contributed by atoms with Crippen LogP contribution in [0.4, 0.5) is 0 Å². The molecule has 0 spiro atoms. The molecule has 0 unspecified atom stereocenters. The molecule has 14 heavy (non-hydrogen) atoms. The number of nitrogens with zero attached hydrogens (tertiary/aromatic N) is 1. The molecular formula is C7H10ClNO4S. The van der Waals surface area contributed by atoms with Crippen LogP contribution < -0.4 is 0 Å². The number of hydrogen-bond donors (Lipinski definition) is 0. The van der Waals surface area contributed by atoms with Gasteiger partial charge in [-0.1, -0.05) is 5.16 Å². The van der Waals surface area contributed by atoms with Crippen LogP contribution in [0.5, 0.6) is 0 Å². The van der Waals surface area contributed by atoms with Crippen LogP contribution in [0, 0.1) is 0 Å². The first-order valence-corrected chi connectivity index (χ1v) is 6.35. The fourth-order valence-corrected chi connectivity index (χ4v) is 1.75. The predicted octanol–water partition coefficient (Wildman–Crippen LogP) is 0.932. The molecule has 7 heteroatoms. The summed E-state index contributed by atoms with van der Waals surface area (Å²) < 4.78 is 31.0. The number of aromatic nitrogens is 1. The van der Waals surface area contributed by atoms with E-state index in [1.54, 1.807) is 13.2 Å². The van der Waals surface area contributed by atoms with E-state index >= 15 is 0 Å². The van der Waals surface area contributed by atoms with E-state index in [2.05, 4.69) is 5.16 Å². The minimum Gasteiger partial charge on any atom is -0.384 e. The van der Waals surface area contributed by atoms with Crippen LogP contribution in [0.15, 0.2) is 10.6 Å². The molecule has 0 aliphatic rings. The molecule has 0 amide bonds. The Bertz CT molecular complexity index is 386. The Hall–Kier alpha value is -0.590. The number of methoxy groups -OCH3 is 1. The van der Waals surface area contributed by atoms with Crippen LogP contribution in [0.25, 0.3) is 0 Å². The van der Waals surface area contributed by atoms with Gasteiger partial charge in [-0.15, -0.1) is 0 Å². The zero-order valence-electron chi connectivity index (χ0n) is 7.57. The van der Waals surface area contributed by atoms with E-state index in [1.165, 1.54) is 0 Å². The average Bonchev–Trinajstić information content (AvgIpc) is 2.46. The molecule has 0 fully saturated rings. The van der Waals surface area contributed by atoms with Gasteiger partial charge in [-0.2, -0.15) is 0 Å². The van der Waals surface area contributed by atoms with Crippen LogP contribution in [0.1, 0.15) is 11.5 Å². The number of halogens is 1. The lowest BCUT2D eigenvalue weighted by Gasteiger charge is -1.91. The molecule has 0 aliphatic carbocycles. The molecule has 0 aliphatic heterocycles. The maximum atomic E-state index is 10.7. The van der Waals surface area contributed by atoms with E-state index < -0.39 is 9.05 Å². The van der Waals surface area contributed by atoms with Crippen LogP contribution in [-0.4, -0.2) is 27.3 Å². The van der Waals surface area contributed by atoms with Gasteiger partial charge in [-0.3, -0.25) is 0 Å². The van der Waals surface area contributed by atoms with Crippen molar-refractivity contribution in [1.29, 1.82) is 0 Å². The average molecular weight is 240 g/mol. The monoisotopic (exact) mass is 239 g/mol. The molecule has 0 radical (unpaired) electrons. The summed E-state index contributed by atoms with van der Waals surface area (Å²) in [7, 11) is 3.05. The fourth-order valence-electron chi connectivity index (χ4n) is 0.921. The molecule has 0 saturated heterocycles. The van der Waals surface area contributed by atoms with Gasteiger partial charge in [-0.05, 0) is 0 Å². The summed E-state index contributed by atoms with van der Waals surface area (Å²) in [6.45, 7) is 0.502. The van der Waals surface area contributed by atoms with E-state index in [9.17, 15) is 8.42 Å². The third-order valence-corrected chi connectivity index (χ3v) is 2.45. The first-order chi connectivity index (χ1) is 6.51. The minimum atomic E-state index is -3.57. The zero-order chi connectivity index (χ0) is 10.6. The van der Waals surface area contributed by atoms with Gasteiger partial charge in [-0.25, -0.2) is 8.42 Å². The van der Waals surface area contributed by atoms with Crippen molar-refractivity contribution < 1.29 is 17.7 Å². The lowest BCUT2D eigenvalue weighted by Crippen LogP contribution is -1.95. The standard InChI is InChI=1S/C7H10ClNO4S/c1-12-3-2-7-4-6(9-13-7)5-14(8,10)11/h4H,2-3,5H2,1H3. The van der Waals surface area contributed by atoms with Gasteiger partial charge in [0.05, 0.1) is 6.61 Å². The highest BCUT2D eigenvalue weighted by Crippen LogP contribution is 2.10. The van der Waals surface area contributed by atoms with Gasteiger partial charge in [0.25, 0.3) is 0 Å². The van der Waals surface area contributed by atoms with Crippen molar-refractivity contribution in [2.75, 3.05) is 13.7 Å². The van der Waals surface area contributed by atoms with E-state index in [0.29, 0.717) is 24.5 Å². The second-order valence-electron chi connectivity index (χ2n) is 2.71. The molecule has 5 nitrogen and oxygen atoms in total. The molecule has 80 valence electrons. The second kappa shape index (κ2) is 4.77. The Morgan fingerprint density at radius 2 is 2.36 bits per heavy atom. The first-order valence-electron chi connectivity index (χ1n) is 3.87. The normalized spacial score (nSPS) is 11.9. The van der Waals surface area contributed by atoms with Gasteiger partial charge < -0.3 is 9.26 Å². The smallest absolute Gasteiger partial charge is 0.238 e. The summed E-state index contributed by atoms with van der Waals surface area (Å²) >= 11 is 0. The lowest BCUT2D eigenvalue weighted by atomic mass is 10.3. The van der Waals surface area contributed by atoms with Gasteiger partial charge in [0.2, 0.25) is 9.05 Å². The SMILES string of the molecule is COCCc1cc(CS(=O)(=O)Cl)no1. The Morgan fingerprint density at radius 3 is 2.93 bits per heavy atom. The van der Waals surface area contributed by atoms with Crippen LogP contribution >= 0.6 is 10.7 Å². The largest absolute Gasteiger partial charge is 0.384 e. The van der Waals surface area contributed by atoms with Crippen molar-refractivity contribution in [2.45, 2.75) is 12.2 Å². The molecule has 1 aromatic heterocycles. The van der Waals surface area contributed by atoms with Gasteiger partial charge in [0.15, 0.2) is 0 Å². The highest BCUT2D eigenvalue weighted by atomic mass is 35.7. The number of rotatable bonds is 5. The molecule has 0 aromatic carbocycles.